The Morgan fingerprint density at radius 1 is 1.47 bits per heavy atom. The summed E-state index contributed by atoms with van der Waals surface area (Å²) in [7, 11) is 0. The third kappa shape index (κ3) is 4.81. The van der Waals surface area contributed by atoms with Crippen LogP contribution in [0, 0.1) is 0 Å². The second-order valence-electron chi connectivity index (χ2n) is 4.13. The van der Waals surface area contributed by atoms with E-state index in [1.165, 1.54) is 0 Å². The highest BCUT2D eigenvalue weighted by Crippen LogP contribution is 2.08. The lowest BCUT2D eigenvalue weighted by molar-refractivity contribution is -0.143. The molecule has 0 saturated carbocycles. The van der Waals surface area contributed by atoms with Crippen LogP contribution in [0.3, 0.4) is 0 Å². The summed E-state index contributed by atoms with van der Waals surface area (Å²) in [6, 6.07) is -1.14. The van der Waals surface area contributed by atoms with Gasteiger partial charge < -0.3 is 21.5 Å². The van der Waals surface area contributed by atoms with E-state index in [1.807, 2.05) is 0 Å². The molecule has 2 unspecified atom stereocenters. The Labute approximate surface area is 98.7 Å². The van der Waals surface area contributed by atoms with Gasteiger partial charge in [-0.05, 0) is 19.4 Å². The molecule has 2 atom stereocenters. The normalized spacial score (nSPS) is 20.8. The molecule has 96 valence electrons. The van der Waals surface area contributed by atoms with Gasteiger partial charge in [0.25, 0.3) is 0 Å². The van der Waals surface area contributed by atoms with Gasteiger partial charge in [0.2, 0.25) is 11.8 Å². The summed E-state index contributed by atoms with van der Waals surface area (Å²) in [5, 5.41) is 14.2. The first kappa shape index (κ1) is 13.4. The van der Waals surface area contributed by atoms with Crippen molar-refractivity contribution in [2.75, 3.05) is 6.54 Å². The zero-order chi connectivity index (χ0) is 12.8. The van der Waals surface area contributed by atoms with Crippen molar-refractivity contribution >= 4 is 17.8 Å². The molecule has 17 heavy (non-hydrogen) atoms. The summed E-state index contributed by atoms with van der Waals surface area (Å²) in [6.07, 6.45) is 1.75. The van der Waals surface area contributed by atoms with Crippen molar-refractivity contribution < 1.29 is 19.5 Å². The molecule has 7 nitrogen and oxygen atoms in total. The third-order valence-electron chi connectivity index (χ3n) is 2.63. The second kappa shape index (κ2) is 6.19. The van der Waals surface area contributed by atoms with Gasteiger partial charge in [-0.25, -0.2) is 4.79 Å². The topological polar surface area (TPSA) is 122 Å². The number of aliphatic carboxylic acids is 1. The van der Waals surface area contributed by atoms with E-state index in [9.17, 15) is 14.4 Å². The van der Waals surface area contributed by atoms with Crippen LogP contribution in [0.5, 0.6) is 0 Å². The Bertz CT molecular complexity index is 313. The summed E-state index contributed by atoms with van der Waals surface area (Å²) < 4.78 is 0. The average molecular weight is 243 g/mol. The van der Waals surface area contributed by atoms with E-state index in [2.05, 4.69) is 10.6 Å². The Hall–Kier alpha value is -1.63. The predicted octanol–water partition coefficient (Wildman–Crippen LogP) is -1.43. The molecule has 5 N–H and O–H groups in total. The molecule has 1 fully saturated rings. The van der Waals surface area contributed by atoms with Crippen LogP contribution in [-0.4, -0.2) is 41.5 Å². The fourth-order valence-electron chi connectivity index (χ4n) is 1.81. The van der Waals surface area contributed by atoms with E-state index in [1.54, 1.807) is 0 Å². The first-order chi connectivity index (χ1) is 7.99. The Balaban J connectivity index is 2.40. The smallest absolute Gasteiger partial charge is 0.326 e. The molecular weight excluding hydrogens is 226 g/mol. The van der Waals surface area contributed by atoms with Gasteiger partial charge in [0.05, 0.1) is 6.42 Å². The van der Waals surface area contributed by atoms with Gasteiger partial charge in [0.1, 0.15) is 6.04 Å². The largest absolute Gasteiger partial charge is 0.480 e. The van der Waals surface area contributed by atoms with Crippen LogP contribution in [0.4, 0.5) is 0 Å². The number of carbonyl (C=O) groups excluding carboxylic acids is 2. The number of hydrogen-bond donors (Lipinski definition) is 4. The van der Waals surface area contributed by atoms with E-state index in [0.29, 0.717) is 0 Å². The first-order valence-electron chi connectivity index (χ1n) is 5.53. The summed E-state index contributed by atoms with van der Waals surface area (Å²) in [4.78, 5) is 32.9. The lowest BCUT2D eigenvalue weighted by Gasteiger charge is -2.15. The minimum atomic E-state index is -1.25. The lowest BCUT2D eigenvalue weighted by atomic mass is 10.1. The SMILES string of the molecule is NC(=O)CC(NC(=O)CC1CCCN1)C(=O)O. The van der Waals surface area contributed by atoms with Crippen molar-refractivity contribution in [1.82, 2.24) is 10.6 Å². The van der Waals surface area contributed by atoms with Gasteiger partial charge in [-0.1, -0.05) is 0 Å². The van der Waals surface area contributed by atoms with Crippen molar-refractivity contribution in [3.8, 4) is 0 Å². The number of amides is 2. The van der Waals surface area contributed by atoms with Crippen molar-refractivity contribution in [1.29, 1.82) is 0 Å². The van der Waals surface area contributed by atoms with Gasteiger partial charge in [0.15, 0.2) is 0 Å². The maximum Gasteiger partial charge on any atom is 0.326 e. The van der Waals surface area contributed by atoms with Crippen LogP contribution >= 0.6 is 0 Å². The number of rotatable bonds is 6. The van der Waals surface area contributed by atoms with Gasteiger partial charge >= 0.3 is 5.97 Å². The second-order valence-corrected chi connectivity index (χ2v) is 4.13. The van der Waals surface area contributed by atoms with E-state index in [4.69, 9.17) is 10.8 Å². The van der Waals surface area contributed by atoms with Crippen LogP contribution in [-0.2, 0) is 14.4 Å². The molecule has 2 amide bonds. The molecule has 1 aliphatic heterocycles. The van der Waals surface area contributed by atoms with Crippen LogP contribution in [0.15, 0.2) is 0 Å². The third-order valence-corrected chi connectivity index (χ3v) is 2.63. The number of nitrogens with one attached hydrogen (secondary N) is 2. The predicted molar refractivity (Wildman–Crippen MR) is 59.0 cm³/mol. The number of carboxylic acid groups (broad SMARTS) is 1. The first-order valence-corrected chi connectivity index (χ1v) is 5.53. The average Bonchev–Trinajstić information content (AvgIpc) is 2.68. The maximum atomic E-state index is 11.5. The van der Waals surface area contributed by atoms with Crippen molar-refractivity contribution in [3.63, 3.8) is 0 Å². The summed E-state index contributed by atoms with van der Waals surface area (Å²) in [5.41, 5.74) is 4.90. The van der Waals surface area contributed by atoms with Gasteiger partial charge in [-0.2, -0.15) is 0 Å². The molecule has 1 rings (SSSR count). The molecule has 1 aliphatic rings. The summed E-state index contributed by atoms with van der Waals surface area (Å²) >= 11 is 0. The van der Waals surface area contributed by atoms with Crippen molar-refractivity contribution in [3.05, 3.63) is 0 Å². The van der Waals surface area contributed by atoms with Crippen LogP contribution in [0.2, 0.25) is 0 Å². The highest BCUT2D eigenvalue weighted by molar-refractivity contribution is 5.88. The standard InChI is InChI=1S/C10H17N3O4/c11-8(14)5-7(10(16)17)13-9(15)4-6-2-1-3-12-6/h6-7,12H,1-5H2,(H2,11,14)(H,13,15)(H,16,17). The number of nitrogens with two attached hydrogens (primary N) is 1. The van der Waals surface area contributed by atoms with E-state index in [-0.39, 0.29) is 24.8 Å². The zero-order valence-corrected chi connectivity index (χ0v) is 9.44. The number of primary amides is 1. The number of carboxylic acids is 1. The highest BCUT2D eigenvalue weighted by Gasteiger charge is 2.24. The molecule has 0 spiro atoms. The summed E-state index contributed by atoms with van der Waals surface area (Å²) in [5.74, 6) is -2.38. The van der Waals surface area contributed by atoms with Gasteiger partial charge in [-0.3, -0.25) is 9.59 Å². The fraction of sp³-hybridized carbons (Fsp3) is 0.700. The molecule has 0 aromatic rings. The molecule has 7 heteroatoms. The van der Waals surface area contributed by atoms with Crippen LogP contribution < -0.4 is 16.4 Å². The molecule has 0 aromatic carbocycles. The fourth-order valence-corrected chi connectivity index (χ4v) is 1.81. The summed E-state index contributed by atoms with van der Waals surface area (Å²) in [6.45, 7) is 0.877. The molecule has 0 radical (unpaired) electrons. The zero-order valence-electron chi connectivity index (χ0n) is 9.44. The van der Waals surface area contributed by atoms with Crippen LogP contribution in [0.1, 0.15) is 25.7 Å². The molecule has 1 heterocycles. The Kier molecular flexibility index (Phi) is 4.89. The van der Waals surface area contributed by atoms with Crippen molar-refractivity contribution in [2.24, 2.45) is 5.73 Å². The quantitative estimate of drug-likeness (QED) is 0.456. The monoisotopic (exact) mass is 243 g/mol. The van der Waals surface area contributed by atoms with Gasteiger partial charge in [-0.15, -0.1) is 0 Å². The van der Waals surface area contributed by atoms with Crippen molar-refractivity contribution in [2.45, 2.75) is 37.8 Å². The molecule has 0 aliphatic carbocycles. The molecular formula is C10H17N3O4. The number of carbonyl (C=O) groups is 3. The van der Waals surface area contributed by atoms with E-state index < -0.39 is 17.9 Å². The highest BCUT2D eigenvalue weighted by atomic mass is 16.4. The lowest BCUT2D eigenvalue weighted by Crippen LogP contribution is -2.44. The Morgan fingerprint density at radius 2 is 2.18 bits per heavy atom. The van der Waals surface area contributed by atoms with E-state index in [0.717, 1.165) is 19.4 Å². The maximum absolute atomic E-state index is 11.5. The van der Waals surface area contributed by atoms with Crippen LogP contribution in [0.25, 0.3) is 0 Å². The minimum Gasteiger partial charge on any atom is -0.480 e. The number of hydrogen-bond acceptors (Lipinski definition) is 4. The molecule has 1 saturated heterocycles. The van der Waals surface area contributed by atoms with Gasteiger partial charge in [0, 0.05) is 12.5 Å². The van der Waals surface area contributed by atoms with E-state index >= 15 is 0 Å². The molecule has 0 aromatic heterocycles. The molecule has 0 bridgehead atoms. The minimum absolute atomic E-state index is 0.0954. The Morgan fingerprint density at radius 3 is 2.65 bits per heavy atom.